The van der Waals surface area contributed by atoms with E-state index in [0.29, 0.717) is 31.0 Å². The van der Waals surface area contributed by atoms with Crippen molar-refractivity contribution in [2.45, 2.75) is 82.1 Å². The third-order valence-corrected chi connectivity index (χ3v) is 5.51. The predicted molar refractivity (Wildman–Crippen MR) is 94.5 cm³/mol. The average Bonchev–Trinajstić information content (AvgIpc) is 2.84. The maximum absolute atomic E-state index is 13.6. The minimum absolute atomic E-state index is 0.363. The zero-order chi connectivity index (χ0) is 22.7. The van der Waals surface area contributed by atoms with Gasteiger partial charge in [-0.3, -0.25) is 0 Å². The van der Waals surface area contributed by atoms with Crippen LogP contribution in [0.25, 0.3) is 0 Å². The molecule has 0 saturated carbocycles. The summed E-state index contributed by atoms with van der Waals surface area (Å²) in [6, 6.07) is 0.343. The monoisotopic (exact) mass is 439 g/mol. The first-order chi connectivity index (χ1) is 13.5. The third kappa shape index (κ3) is 4.24. The van der Waals surface area contributed by atoms with E-state index in [1.807, 2.05) is 0 Å². The summed E-state index contributed by atoms with van der Waals surface area (Å²) in [5.74, 6) is 0. The number of nitrogens with zero attached hydrogens (tertiary/aromatic N) is 1. The number of rotatable bonds is 1. The molecule has 2 atom stereocenters. The minimum Gasteiger partial charge on any atom is -0.444 e. The van der Waals surface area contributed by atoms with Gasteiger partial charge in [0.25, 0.3) is 0 Å². The summed E-state index contributed by atoms with van der Waals surface area (Å²) in [7, 11) is 0. The molecule has 1 N–H and O–H groups in total. The van der Waals surface area contributed by atoms with Crippen molar-refractivity contribution in [3.8, 4) is 0 Å². The van der Waals surface area contributed by atoms with Gasteiger partial charge < -0.3 is 14.7 Å². The average molecular weight is 439 g/mol. The van der Waals surface area contributed by atoms with Gasteiger partial charge in [0.05, 0.1) is 16.7 Å². The number of halogens is 6. The highest BCUT2D eigenvalue weighted by molar-refractivity contribution is 5.70. The molecule has 2 bridgehead atoms. The number of piperidine rings is 1. The van der Waals surface area contributed by atoms with E-state index >= 15 is 0 Å². The molecule has 0 aromatic heterocycles. The SMILES string of the molecule is CC(C)(C)OC(=O)N1C2CCC1CC(O)(c1c(C(F)(F)F)cccc1C(F)(F)F)C2. The zero-order valence-electron chi connectivity index (χ0n) is 16.7. The summed E-state index contributed by atoms with van der Waals surface area (Å²) < 4.78 is 86.8. The lowest BCUT2D eigenvalue weighted by molar-refractivity contribution is -0.152. The van der Waals surface area contributed by atoms with Crippen molar-refractivity contribution >= 4 is 6.09 Å². The van der Waals surface area contributed by atoms with Crippen LogP contribution in [0, 0.1) is 0 Å². The Labute approximate surface area is 169 Å². The van der Waals surface area contributed by atoms with Crippen LogP contribution in [0.3, 0.4) is 0 Å². The van der Waals surface area contributed by atoms with Crippen LogP contribution < -0.4 is 0 Å². The number of fused-ring (bicyclic) bond motifs is 2. The summed E-state index contributed by atoms with van der Waals surface area (Å²) in [6.07, 6.45) is -11.0. The first-order valence-corrected chi connectivity index (χ1v) is 9.54. The molecule has 2 saturated heterocycles. The van der Waals surface area contributed by atoms with Gasteiger partial charge in [-0.05, 0) is 45.7 Å². The van der Waals surface area contributed by atoms with Crippen molar-refractivity contribution in [1.29, 1.82) is 0 Å². The van der Waals surface area contributed by atoms with Crippen molar-refractivity contribution in [2.75, 3.05) is 0 Å². The van der Waals surface area contributed by atoms with Crippen LogP contribution in [0.4, 0.5) is 31.1 Å². The van der Waals surface area contributed by atoms with Crippen molar-refractivity contribution in [2.24, 2.45) is 0 Å². The van der Waals surface area contributed by atoms with Gasteiger partial charge in [0.15, 0.2) is 0 Å². The molecule has 1 aromatic carbocycles. The normalized spacial score (nSPS) is 27.3. The van der Waals surface area contributed by atoms with Gasteiger partial charge in [0.1, 0.15) is 5.60 Å². The molecule has 2 fully saturated rings. The summed E-state index contributed by atoms with van der Waals surface area (Å²) in [5.41, 5.74) is -7.36. The largest absolute Gasteiger partial charge is 0.444 e. The Morgan fingerprint density at radius 2 is 1.43 bits per heavy atom. The Hall–Kier alpha value is -1.97. The molecule has 1 aromatic rings. The fourth-order valence-corrected chi connectivity index (χ4v) is 4.57. The molecule has 2 heterocycles. The van der Waals surface area contributed by atoms with E-state index in [4.69, 9.17) is 4.74 Å². The molecule has 30 heavy (non-hydrogen) atoms. The van der Waals surface area contributed by atoms with Gasteiger partial charge in [0, 0.05) is 30.5 Å². The number of carbonyl (C=O) groups excluding carboxylic acids is 1. The summed E-state index contributed by atoms with van der Waals surface area (Å²) in [4.78, 5) is 13.9. The number of alkyl halides is 6. The van der Waals surface area contributed by atoms with Crippen molar-refractivity contribution in [1.82, 2.24) is 4.90 Å². The molecule has 168 valence electrons. The molecule has 1 amide bonds. The Morgan fingerprint density at radius 3 is 1.80 bits per heavy atom. The van der Waals surface area contributed by atoms with Crippen LogP contribution in [0.15, 0.2) is 18.2 Å². The van der Waals surface area contributed by atoms with Crippen LogP contribution >= 0.6 is 0 Å². The topological polar surface area (TPSA) is 49.8 Å². The lowest BCUT2D eigenvalue weighted by atomic mass is 9.76. The number of aliphatic hydroxyl groups is 1. The number of ether oxygens (including phenoxy) is 1. The van der Waals surface area contributed by atoms with Gasteiger partial charge in [-0.15, -0.1) is 0 Å². The highest BCUT2D eigenvalue weighted by Crippen LogP contribution is 2.52. The summed E-state index contributed by atoms with van der Waals surface area (Å²) in [5, 5.41) is 11.2. The van der Waals surface area contributed by atoms with E-state index in [2.05, 4.69) is 0 Å². The second kappa shape index (κ2) is 7.03. The smallest absolute Gasteiger partial charge is 0.416 e. The molecular weight excluding hydrogens is 416 g/mol. The van der Waals surface area contributed by atoms with Crippen LogP contribution in [0.1, 0.15) is 63.1 Å². The van der Waals surface area contributed by atoms with E-state index in [0.717, 1.165) is 0 Å². The number of hydrogen-bond donors (Lipinski definition) is 1. The highest BCUT2D eigenvalue weighted by Gasteiger charge is 2.55. The van der Waals surface area contributed by atoms with E-state index in [1.54, 1.807) is 20.8 Å². The van der Waals surface area contributed by atoms with E-state index in [-0.39, 0.29) is 0 Å². The molecule has 3 rings (SSSR count). The Kier molecular flexibility index (Phi) is 5.32. The number of benzene rings is 1. The lowest BCUT2D eigenvalue weighted by Gasteiger charge is -2.45. The van der Waals surface area contributed by atoms with Crippen molar-refractivity contribution in [3.63, 3.8) is 0 Å². The molecule has 2 aliphatic heterocycles. The number of carbonyl (C=O) groups is 1. The molecule has 2 unspecified atom stereocenters. The third-order valence-electron chi connectivity index (χ3n) is 5.51. The predicted octanol–water partition coefficient (Wildman–Crippen LogP) is 5.47. The van der Waals surface area contributed by atoms with Gasteiger partial charge in [0.2, 0.25) is 0 Å². The lowest BCUT2D eigenvalue weighted by Crippen LogP contribution is -2.53. The molecule has 10 heteroatoms. The van der Waals surface area contributed by atoms with E-state index in [1.165, 1.54) is 4.90 Å². The molecule has 4 nitrogen and oxygen atoms in total. The molecule has 2 aliphatic rings. The second-order valence-electron chi connectivity index (χ2n) is 8.94. The van der Waals surface area contributed by atoms with Crippen molar-refractivity contribution < 1.29 is 41.0 Å². The fraction of sp³-hybridized carbons (Fsp3) is 0.650. The zero-order valence-corrected chi connectivity index (χ0v) is 16.7. The standard InChI is InChI=1S/C20H23F6NO3/c1-17(2,3)30-16(28)27-11-7-8-12(27)10-18(29,9-11)15-13(19(21,22)23)5-4-6-14(15)20(24,25)26/h4-6,11-12,29H,7-10H2,1-3H3. The van der Waals surface area contributed by atoms with E-state index < -0.39 is 71.3 Å². The van der Waals surface area contributed by atoms with Crippen LogP contribution in [0.5, 0.6) is 0 Å². The fourth-order valence-electron chi connectivity index (χ4n) is 4.57. The Balaban J connectivity index is 2.04. The van der Waals surface area contributed by atoms with Crippen molar-refractivity contribution in [3.05, 3.63) is 34.9 Å². The van der Waals surface area contributed by atoms with Gasteiger partial charge in [-0.25, -0.2) is 4.79 Å². The highest BCUT2D eigenvalue weighted by atomic mass is 19.4. The molecule has 0 spiro atoms. The summed E-state index contributed by atoms with van der Waals surface area (Å²) >= 11 is 0. The maximum atomic E-state index is 13.6. The van der Waals surface area contributed by atoms with Gasteiger partial charge >= 0.3 is 18.4 Å². The van der Waals surface area contributed by atoms with Gasteiger partial charge in [-0.2, -0.15) is 26.3 Å². The molecular formula is C20H23F6NO3. The number of amides is 1. The maximum Gasteiger partial charge on any atom is 0.416 e. The first kappa shape index (κ1) is 22.7. The Morgan fingerprint density at radius 1 is 1.00 bits per heavy atom. The first-order valence-electron chi connectivity index (χ1n) is 9.54. The minimum atomic E-state index is -5.08. The number of hydrogen-bond acceptors (Lipinski definition) is 3. The molecule has 0 aliphatic carbocycles. The van der Waals surface area contributed by atoms with Crippen LogP contribution in [0.2, 0.25) is 0 Å². The molecule has 0 radical (unpaired) electrons. The quantitative estimate of drug-likeness (QED) is 0.590. The second-order valence-corrected chi connectivity index (χ2v) is 8.94. The van der Waals surface area contributed by atoms with Crippen LogP contribution in [-0.4, -0.2) is 33.8 Å². The van der Waals surface area contributed by atoms with Crippen LogP contribution in [-0.2, 0) is 22.7 Å². The van der Waals surface area contributed by atoms with Gasteiger partial charge in [-0.1, -0.05) is 6.07 Å². The Bertz CT molecular complexity index is 781. The summed E-state index contributed by atoms with van der Waals surface area (Å²) in [6.45, 7) is 4.97. The van der Waals surface area contributed by atoms with E-state index in [9.17, 15) is 36.2 Å².